The van der Waals surface area contributed by atoms with Crippen molar-refractivity contribution in [3.05, 3.63) is 40.3 Å². The van der Waals surface area contributed by atoms with Crippen LogP contribution in [0, 0.1) is 5.92 Å². The van der Waals surface area contributed by atoms with E-state index in [9.17, 15) is 9.59 Å². The van der Waals surface area contributed by atoms with Gasteiger partial charge in [0.25, 0.3) is 5.91 Å². The number of hydrogen-bond acceptors (Lipinski definition) is 5. The standard InChI is InChI=1S/C14H14N4O2S/c19-12(9-6-7-9)15-8-11-17-18-14(21-11)13(20)16-10-4-2-1-3-5-10/h1-5,9H,6-8H2,(H,15,19)(H,16,20). The first kappa shape index (κ1) is 13.7. The van der Waals surface area contributed by atoms with Gasteiger partial charge >= 0.3 is 0 Å². The van der Waals surface area contributed by atoms with Crippen LogP contribution in [0.15, 0.2) is 30.3 Å². The van der Waals surface area contributed by atoms with E-state index in [0.717, 1.165) is 12.8 Å². The highest BCUT2D eigenvalue weighted by atomic mass is 32.1. The van der Waals surface area contributed by atoms with E-state index in [2.05, 4.69) is 20.8 Å². The fourth-order valence-corrected chi connectivity index (χ4v) is 2.45. The molecular formula is C14H14N4O2S. The molecule has 0 radical (unpaired) electrons. The molecule has 1 heterocycles. The van der Waals surface area contributed by atoms with Crippen LogP contribution < -0.4 is 10.6 Å². The molecule has 3 rings (SSSR count). The summed E-state index contributed by atoms with van der Waals surface area (Å²) in [5.74, 6) is -0.0715. The Morgan fingerprint density at radius 2 is 1.95 bits per heavy atom. The minimum absolute atomic E-state index is 0.0560. The third-order valence-electron chi connectivity index (χ3n) is 3.05. The predicted molar refractivity (Wildman–Crippen MR) is 78.9 cm³/mol. The zero-order valence-corrected chi connectivity index (χ0v) is 12.0. The van der Waals surface area contributed by atoms with E-state index in [-0.39, 0.29) is 22.7 Å². The van der Waals surface area contributed by atoms with Gasteiger partial charge in [-0.05, 0) is 25.0 Å². The summed E-state index contributed by atoms with van der Waals surface area (Å²) in [5.41, 5.74) is 0.710. The van der Waals surface area contributed by atoms with Crippen molar-refractivity contribution in [3.63, 3.8) is 0 Å². The SMILES string of the molecule is O=C(Nc1ccccc1)c1nnc(CNC(=O)C2CC2)s1. The van der Waals surface area contributed by atoms with Crippen LogP contribution in [0.4, 0.5) is 5.69 Å². The molecular weight excluding hydrogens is 288 g/mol. The van der Waals surface area contributed by atoms with Gasteiger partial charge in [0, 0.05) is 11.6 Å². The number of carbonyl (C=O) groups is 2. The van der Waals surface area contributed by atoms with Crippen molar-refractivity contribution >= 4 is 28.8 Å². The molecule has 2 aromatic rings. The Morgan fingerprint density at radius 3 is 2.67 bits per heavy atom. The van der Waals surface area contributed by atoms with Gasteiger partial charge in [0.2, 0.25) is 10.9 Å². The van der Waals surface area contributed by atoms with Crippen LogP contribution in [0.1, 0.15) is 27.7 Å². The van der Waals surface area contributed by atoms with Gasteiger partial charge in [-0.25, -0.2) is 0 Å². The van der Waals surface area contributed by atoms with Crippen molar-refractivity contribution in [3.8, 4) is 0 Å². The van der Waals surface area contributed by atoms with Gasteiger partial charge < -0.3 is 10.6 Å². The molecule has 1 aromatic carbocycles. The highest BCUT2D eigenvalue weighted by Crippen LogP contribution is 2.28. The minimum Gasteiger partial charge on any atom is -0.349 e. The molecule has 108 valence electrons. The number of nitrogens with one attached hydrogen (secondary N) is 2. The van der Waals surface area contributed by atoms with Gasteiger partial charge in [0.15, 0.2) is 0 Å². The van der Waals surface area contributed by atoms with Crippen molar-refractivity contribution in [1.82, 2.24) is 15.5 Å². The van der Waals surface area contributed by atoms with E-state index in [1.807, 2.05) is 18.2 Å². The number of hydrogen-bond donors (Lipinski definition) is 2. The number of amides is 2. The molecule has 1 aromatic heterocycles. The first-order valence-corrected chi connectivity index (χ1v) is 7.50. The van der Waals surface area contributed by atoms with E-state index >= 15 is 0 Å². The topological polar surface area (TPSA) is 84.0 Å². The highest BCUT2D eigenvalue weighted by molar-refractivity contribution is 7.13. The molecule has 0 spiro atoms. The quantitative estimate of drug-likeness (QED) is 0.882. The Morgan fingerprint density at radius 1 is 1.19 bits per heavy atom. The Kier molecular flexibility index (Phi) is 3.92. The lowest BCUT2D eigenvalue weighted by molar-refractivity contribution is -0.122. The lowest BCUT2D eigenvalue weighted by Gasteiger charge is -2.01. The summed E-state index contributed by atoms with van der Waals surface area (Å²) >= 11 is 1.19. The Hall–Kier alpha value is -2.28. The van der Waals surface area contributed by atoms with Crippen LogP contribution in [0.3, 0.4) is 0 Å². The molecule has 2 amide bonds. The summed E-state index contributed by atoms with van der Waals surface area (Å²) in [6, 6.07) is 9.16. The summed E-state index contributed by atoms with van der Waals surface area (Å²) in [6.45, 7) is 0.325. The van der Waals surface area contributed by atoms with E-state index in [0.29, 0.717) is 17.2 Å². The highest BCUT2D eigenvalue weighted by Gasteiger charge is 2.29. The largest absolute Gasteiger partial charge is 0.349 e. The molecule has 6 nitrogen and oxygen atoms in total. The van der Waals surface area contributed by atoms with Crippen LogP contribution in [-0.2, 0) is 11.3 Å². The molecule has 7 heteroatoms. The van der Waals surface area contributed by atoms with Crippen LogP contribution >= 0.6 is 11.3 Å². The van der Waals surface area contributed by atoms with Crippen molar-refractivity contribution in [2.45, 2.75) is 19.4 Å². The molecule has 1 aliphatic rings. The van der Waals surface area contributed by atoms with Crippen molar-refractivity contribution in [1.29, 1.82) is 0 Å². The molecule has 0 unspecified atom stereocenters. The zero-order chi connectivity index (χ0) is 14.7. The van der Waals surface area contributed by atoms with Crippen LogP contribution in [0.5, 0.6) is 0 Å². The lowest BCUT2D eigenvalue weighted by Crippen LogP contribution is -2.24. The second kappa shape index (κ2) is 6.01. The van der Waals surface area contributed by atoms with E-state index < -0.39 is 0 Å². The first-order valence-electron chi connectivity index (χ1n) is 6.69. The minimum atomic E-state index is -0.293. The van der Waals surface area contributed by atoms with Crippen molar-refractivity contribution in [2.24, 2.45) is 5.92 Å². The maximum atomic E-state index is 12.0. The van der Waals surface area contributed by atoms with Crippen molar-refractivity contribution < 1.29 is 9.59 Å². The predicted octanol–water partition coefficient (Wildman–Crippen LogP) is 1.82. The summed E-state index contributed by atoms with van der Waals surface area (Å²) in [4.78, 5) is 23.5. The van der Waals surface area contributed by atoms with E-state index in [4.69, 9.17) is 0 Å². The molecule has 2 N–H and O–H groups in total. The van der Waals surface area contributed by atoms with E-state index in [1.54, 1.807) is 12.1 Å². The number of rotatable bonds is 5. The summed E-state index contributed by atoms with van der Waals surface area (Å²) in [5, 5.41) is 14.2. The van der Waals surface area contributed by atoms with Gasteiger partial charge in [0.05, 0.1) is 6.54 Å². The normalized spacial score (nSPS) is 13.7. The monoisotopic (exact) mass is 302 g/mol. The van der Waals surface area contributed by atoms with Crippen LogP contribution in [0.2, 0.25) is 0 Å². The average Bonchev–Trinajstić information content (AvgIpc) is 3.24. The third-order valence-corrected chi connectivity index (χ3v) is 3.98. The molecule has 1 saturated carbocycles. The Balaban J connectivity index is 1.56. The van der Waals surface area contributed by atoms with Gasteiger partial charge in [-0.3, -0.25) is 9.59 Å². The molecule has 0 saturated heterocycles. The summed E-state index contributed by atoms with van der Waals surface area (Å²) < 4.78 is 0. The smallest absolute Gasteiger partial charge is 0.286 e. The number of carbonyl (C=O) groups excluding carboxylic acids is 2. The first-order chi connectivity index (χ1) is 10.2. The van der Waals surface area contributed by atoms with Gasteiger partial charge in [-0.2, -0.15) is 0 Å². The number of nitrogens with zero attached hydrogens (tertiary/aromatic N) is 2. The lowest BCUT2D eigenvalue weighted by atomic mass is 10.3. The number of aromatic nitrogens is 2. The zero-order valence-electron chi connectivity index (χ0n) is 11.2. The molecule has 1 fully saturated rings. The second-order valence-corrected chi connectivity index (χ2v) is 5.88. The molecule has 0 atom stereocenters. The second-order valence-electron chi connectivity index (χ2n) is 4.81. The fourth-order valence-electron chi connectivity index (χ4n) is 1.78. The maximum Gasteiger partial charge on any atom is 0.286 e. The van der Waals surface area contributed by atoms with Crippen LogP contribution in [-0.4, -0.2) is 22.0 Å². The summed E-state index contributed by atoms with van der Waals surface area (Å²) in [7, 11) is 0. The maximum absolute atomic E-state index is 12.0. The van der Waals surface area contributed by atoms with Gasteiger partial charge in [0.1, 0.15) is 5.01 Å². The number of para-hydroxylation sites is 1. The molecule has 1 aliphatic carbocycles. The average molecular weight is 302 g/mol. The molecule has 0 aliphatic heterocycles. The van der Waals surface area contributed by atoms with Gasteiger partial charge in [-0.1, -0.05) is 29.5 Å². The molecule has 0 bridgehead atoms. The van der Waals surface area contributed by atoms with E-state index in [1.165, 1.54) is 11.3 Å². The Labute approximate surface area is 125 Å². The third kappa shape index (κ3) is 3.63. The van der Waals surface area contributed by atoms with Gasteiger partial charge in [-0.15, -0.1) is 10.2 Å². The van der Waals surface area contributed by atoms with Crippen molar-refractivity contribution in [2.75, 3.05) is 5.32 Å². The summed E-state index contributed by atoms with van der Waals surface area (Å²) in [6.07, 6.45) is 1.93. The fraction of sp³-hybridized carbons (Fsp3) is 0.286. The number of anilines is 1. The number of benzene rings is 1. The molecule has 21 heavy (non-hydrogen) atoms. The van der Waals surface area contributed by atoms with Crippen LogP contribution in [0.25, 0.3) is 0 Å². The Bertz CT molecular complexity index is 652.